The summed E-state index contributed by atoms with van der Waals surface area (Å²) in [6.45, 7) is 0.927. The number of benzene rings is 1. The molecule has 0 saturated carbocycles. The fourth-order valence-corrected chi connectivity index (χ4v) is 2.60. The number of carbonyl (C=O) groups excluding carboxylic acids is 2. The summed E-state index contributed by atoms with van der Waals surface area (Å²) in [6, 6.07) is 8.13. The minimum absolute atomic E-state index is 0.0700. The normalized spacial score (nSPS) is 10.5. The van der Waals surface area contributed by atoms with Crippen molar-refractivity contribution in [3.8, 4) is 0 Å². The third-order valence-electron chi connectivity index (χ3n) is 3.27. The second-order valence-corrected chi connectivity index (χ2v) is 5.90. The second-order valence-electron chi connectivity index (χ2n) is 5.06. The molecule has 2 rings (SSSR count). The summed E-state index contributed by atoms with van der Waals surface area (Å²) in [5.41, 5.74) is 0.854. The lowest BCUT2D eigenvalue weighted by Crippen LogP contribution is -2.39. The summed E-state index contributed by atoms with van der Waals surface area (Å²) < 4.78 is 6.52. The van der Waals surface area contributed by atoms with Crippen LogP contribution in [0.2, 0.25) is 10.0 Å². The number of aromatic nitrogens is 1. The molecule has 0 saturated heterocycles. The minimum atomic E-state index is -0.224. The number of ketones is 1. The molecule has 0 aliphatic heterocycles. The van der Waals surface area contributed by atoms with Gasteiger partial charge in [0.1, 0.15) is 5.56 Å². The summed E-state index contributed by atoms with van der Waals surface area (Å²) >= 11 is 11.9. The number of rotatable bonds is 7. The number of methoxy groups -OCH3 is 1. The van der Waals surface area contributed by atoms with Crippen LogP contribution in [0, 0.1) is 0 Å². The maximum absolute atomic E-state index is 12.4. The Hall–Kier alpha value is -1.95. The molecule has 0 aliphatic rings. The van der Waals surface area contributed by atoms with Crippen LogP contribution in [0.25, 0.3) is 0 Å². The number of hydrogen-bond donors (Lipinski definition) is 1. The Bertz CT molecular complexity index is 750. The van der Waals surface area contributed by atoms with Crippen LogP contribution in [0.4, 0.5) is 0 Å². The van der Waals surface area contributed by atoms with E-state index in [9.17, 15) is 9.59 Å². The van der Waals surface area contributed by atoms with Crippen LogP contribution in [0.1, 0.15) is 20.7 Å². The van der Waals surface area contributed by atoms with Gasteiger partial charge < -0.3 is 10.1 Å². The van der Waals surface area contributed by atoms with E-state index in [1.165, 1.54) is 6.07 Å². The first-order valence-electron chi connectivity index (χ1n) is 7.25. The highest BCUT2D eigenvalue weighted by Crippen LogP contribution is 2.21. The average Bonchev–Trinajstić information content (AvgIpc) is 2.55. The van der Waals surface area contributed by atoms with Crippen LogP contribution >= 0.6 is 23.2 Å². The summed E-state index contributed by atoms with van der Waals surface area (Å²) in [5, 5.41) is 3.51. The fraction of sp³-hybridized carbons (Fsp3) is 0.235. The lowest BCUT2D eigenvalue weighted by Gasteiger charge is -2.04. The maximum Gasteiger partial charge on any atom is 0.257 e. The SMILES string of the molecule is COCCNC(=O)c1ccc[n+](CC(=O)c2ccc(Cl)cc2Cl)c1. The van der Waals surface area contributed by atoms with Crippen LogP contribution in [0.15, 0.2) is 42.7 Å². The smallest absolute Gasteiger partial charge is 0.257 e. The average molecular weight is 368 g/mol. The Morgan fingerprint density at radius 1 is 1.25 bits per heavy atom. The van der Waals surface area contributed by atoms with Crippen LogP contribution < -0.4 is 9.88 Å². The van der Waals surface area contributed by atoms with Crippen molar-refractivity contribution in [1.29, 1.82) is 0 Å². The molecule has 0 bridgehead atoms. The predicted octanol–water partition coefficient (Wildman–Crippen LogP) is 2.54. The van der Waals surface area contributed by atoms with Gasteiger partial charge in [-0.3, -0.25) is 9.59 Å². The number of ether oxygens (including phenoxy) is 1. The number of Topliss-reactive ketones (excluding diaryl/α,β-unsaturated/α-hetero) is 1. The topological polar surface area (TPSA) is 59.3 Å². The second kappa shape index (κ2) is 8.78. The third-order valence-corrected chi connectivity index (χ3v) is 3.82. The molecule has 0 radical (unpaired) electrons. The molecule has 0 unspecified atom stereocenters. The minimum Gasteiger partial charge on any atom is -0.383 e. The summed E-state index contributed by atoms with van der Waals surface area (Å²) in [5.74, 6) is -0.392. The zero-order valence-electron chi connectivity index (χ0n) is 13.1. The van der Waals surface area contributed by atoms with E-state index >= 15 is 0 Å². The van der Waals surface area contributed by atoms with Gasteiger partial charge in [-0.1, -0.05) is 23.2 Å². The molecule has 0 atom stereocenters. The first kappa shape index (κ1) is 18.4. The number of nitrogens with one attached hydrogen (secondary N) is 1. The first-order valence-corrected chi connectivity index (χ1v) is 8.01. The number of pyridine rings is 1. The summed E-state index contributed by atoms with van der Waals surface area (Å²) in [7, 11) is 1.57. The molecular formula is C17H17Cl2N2O3+. The zero-order valence-corrected chi connectivity index (χ0v) is 14.6. The van der Waals surface area contributed by atoms with Gasteiger partial charge in [-0.25, -0.2) is 0 Å². The van der Waals surface area contributed by atoms with Gasteiger partial charge in [0.25, 0.3) is 5.91 Å². The lowest BCUT2D eigenvalue weighted by atomic mass is 10.1. The van der Waals surface area contributed by atoms with Crippen LogP contribution in [-0.4, -0.2) is 32.0 Å². The van der Waals surface area contributed by atoms with Crippen molar-refractivity contribution in [2.75, 3.05) is 20.3 Å². The van der Waals surface area contributed by atoms with E-state index in [1.807, 2.05) is 0 Å². The Labute approximate surface area is 150 Å². The molecule has 1 aromatic carbocycles. The van der Waals surface area contributed by atoms with Gasteiger partial charge in [-0.2, -0.15) is 4.57 Å². The summed E-state index contributed by atoms with van der Waals surface area (Å²) in [6.07, 6.45) is 3.33. The van der Waals surface area contributed by atoms with Crippen molar-refractivity contribution < 1.29 is 18.9 Å². The highest BCUT2D eigenvalue weighted by molar-refractivity contribution is 6.36. The van der Waals surface area contributed by atoms with Crippen molar-refractivity contribution in [3.05, 3.63) is 63.9 Å². The highest BCUT2D eigenvalue weighted by atomic mass is 35.5. The monoisotopic (exact) mass is 367 g/mol. The van der Waals surface area contributed by atoms with Crippen molar-refractivity contribution >= 4 is 34.9 Å². The number of nitrogens with zero attached hydrogens (tertiary/aromatic N) is 1. The number of carbonyl (C=O) groups is 2. The quantitative estimate of drug-likeness (QED) is 0.464. The molecule has 0 fully saturated rings. The molecule has 5 nitrogen and oxygen atoms in total. The first-order chi connectivity index (χ1) is 11.5. The number of hydrogen-bond acceptors (Lipinski definition) is 3. The van der Waals surface area contributed by atoms with Crippen molar-refractivity contribution in [2.24, 2.45) is 0 Å². The van der Waals surface area contributed by atoms with Crippen LogP contribution in [-0.2, 0) is 11.3 Å². The molecule has 1 heterocycles. The van der Waals surface area contributed by atoms with E-state index in [2.05, 4.69) is 5.32 Å². The predicted molar refractivity (Wildman–Crippen MR) is 91.6 cm³/mol. The molecule has 1 amide bonds. The van der Waals surface area contributed by atoms with Crippen molar-refractivity contribution in [1.82, 2.24) is 5.32 Å². The Balaban J connectivity index is 2.08. The van der Waals surface area contributed by atoms with Gasteiger partial charge >= 0.3 is 0 Å². The Morgan fingerprint density at radius 2 is 2.04 bits per heavy atom. The van der Waals surface area contributed by atoms with E-state index in [1.54, 1.807) is 48.3 Å². The van der Waals surface area contributed by atoms with E-state index < -0.39 is 0 Å². The Morgan fingerprint density at radius 3 is 2.75 bits per heavy atom. The molecule has 1 N–H and O–H groups in total. The maximum atomic E-state index is 12.4. The summed E-state index contributed by atoms with van der Waals surface area (Å²) in [4.78, 5) is 24.4. The molecule has 1 aromatic heterocycles. The molecule has 0 spiro atoms. The third kappa shape index (κ3) is 5.03. The molecular weight excluding hydrogens is 351 g/mol. The number of amides is 1. The zero-order chi connectivity index (χ0) is 17.5. The highest BCUT2D eigenvalue weighted by Gasteiger charge is 2.17. The molecule has 7 heteroatoms. The van der Waals surface area contributed by atoms with E-state index in [0.29, 0.717) is 34.3 Å². The molecule has 126 valence electrons. The van der Waals surface area contributed by atoms with E-state index in [4.69, 9.17) is 27.9 Å². The van der Waals surface area contributed by atoms with Crippen molar-refractivity contribution in [2.45, 2.75) is 6.54 Å². The van der Waals surface area contributed by atoms with Crippen LogP contribution in [0.3, 0.4) is 0 Å². The number of halogens is 2. The Kier molecular flexibility index (Phi) is 6.73. The standard InChI is InChI=1S/C17H16Cl2N2O3/c1-24-8-6-20-17(23)12-3-2-7-21(10-12)11-16(22)14-5-4-13(18)9-15(14)19/h2-5,7,9-10H,6,8,11H2,1H3/p+1. The van der Waals surface area contributed by atoms with E-state index in [0.717, 1.165) is 0 Å². The van der Waals surface area contributed by atoms with Gasteiger partial charge in [0.05, 0.1) is 11.6 Å². The largest absolute Gasteiger partial charge is 0.383 e. The van der Waals surface area contributed by atoms with E-state index in [-0.39, 0.29) is 18.2 Å². The van der Waals surface area contributed by atoms with Gasteiger partial charge in [0.15, 0.2) is 12.4 Å². The van der Waals surface area contributed by atoms with Crippen LogP contribution in [0.5, 0.6) is 0 Å². The van der Waals surface area contributed by atoms with Gasteiger partial charge in [0, 0.05) is 30.3 Å². The lowest BCUT2D eigenvalue weighted by molar-refractivity contribution is -0.683. The van der Waals surface area contributed by atoms with Gasteiger partial charge in [-0.15, -0.1) is 0 Å². The molecule has 0 aliphatic carbocycles. The van der Waals surface area contributed by atoms with Crippen molar-refractivity contribution in [3.63, 3.8) is 0 Å². The fourth-order valence-electron chi connectivity index (χ4n) is 2.09. The van der Waals surface area contributed by atoms with Gasteiger partial charge in [-0.05, 0) is 24.3 Å². The molecule has 24 heavy (non-hydrogen) atoms. The molecule has 2 aromatic rings. The van der Waals surface area contributed by atoms with Gasteiger partial charge in [0.2, 0.25) is 12.3 Å².